The fourth-order valence-electron chi connectivity index (χ4n) is 4.74. The number of fused-ring (bicyclic) bond motifs is 1. The number of benzene rings is 4. The van der Waals surface area contributed by atoms with Gasteiger partial charge >= 0.3 is 12.1 Å². The summed E-state index contributed by atoms with van der Waals surface area (Å²) in [6.07, 6.45) is -4.08. The first-order valence-corrected chi connectivity index (χ1v) is 12.6. The van der Waals surface area contributed by atoms with Crippen LogP contribution in [0.25, 0.3) is 22.0 Å². The molecule has 1 aromatic heterocycles. The molecule has 0 spiro atoms. The highest BCUT2D eigenvalue weighted by Gasteiger charge is 2.34. The average Bonchev–Trinajstić information content (AvgIpc) is 2.93. The van der Waals surface area contributed by atoms with E-state index in [9.17, 15) is 31.1 Å². The Kier molecular flexibility index (Phi) is 7.89. The van der Waals surface area contributed by atoms with Crippen LogP contribution in [-0.4, -0.2) is 16.1 Å². The van der Waals surface area contributed by atoms with E-state index in [0.717, 1.165) is 17.8 Å². The number of halogens is 6. The standard InChI is InChI=1S/C32H21F6NO3/c33-22-14-27(34)25(28(35)15-22)13-21-16-39-31-24(5-2-6-26(31)32(36,37)38)30(21)20-3-1-4-23(12-20)42-17-19-9-7-18(8-10-19)11-29(40)41/h1-10,12,14-16H,11,13,17H2,(H,40,41). The summed E-state index contributed by atoms with van der Waals surface area (Å²) in [5.41, 5.74) is 0.509. The average molecular weight is 582 g/mol. The lowest BCUT2D eigenvalue weighted by Gasteiger charge is -2.17. The third-order valence-corrected chi connectivity index (χ3v) is 6.66. The molecule has 0 amide bonds. The molecule has 4 nitrogen and oxygen atoms in total. The molecule has 1 heterocycles. The van der Waals surface area contributed by atoms with Gasteiger partial charge in [-0.3, -0.25) is 9.78 Å². The second-order valence-corrected chi connectivity index (χ2v) is 9.59. The number of aliphatic carboxylic acids is 1. The first-order chi connectivity index (χ1) is 20.0. The zero-order chi connectivity index (χ0) is 30.0. The van der Waals surface area contributed by atoms with Crippen LogP contribution in [0, 0.1) is 17.5 Å². The Balaban J connectivity index is 1.56. The maximum Gasteiger partial charge on any atom is 0.418 e. The van der Waals surface area contributed by atoms with Crippen molar-refractivity contribution < 1.29 is 41.0 Å². The molecule has 0 saturated carbocycles. The molecule has 0 unspecified atom stereocenters. The van der Waals surface area contributed by atoms with Gasteiger partial charge in [0.2, 0.25) is 0 Å². The highest BCUT2D eigenvalue weighted by Crippen LogP contribution is 2.40. The number of pyridine rings is 1. The van der Waals surface area contributed by atoms with E-state index < -0.39 is 47.1 Å². The molecule has 0 aliphatic heterocycles. The summed E-state index contributed by atoms with van der Waals surface area (Å²) >= 11 is 0. The predicted molar refractivity (Wildman–Crippen MR) is 143 cm³/mol. The number of carboxylic acids is 1. The van der Waals surface area contributed by atoms with Crippen molar-refractivity contribution >= 4 is 16.9 Å². The van der Waals surface area contributed by atoms with Gasteiger partial charge in [0.1, 0.15) is 29.8 Å². The van der Waals surface area contributed by atoms with Crippen LogP contribution in [0.1, 0.15) is 27.8 Å². The second-order valence-electron chi connectivity index (χ2n) is 9.59. The van der Waals surface area contributed by atoms with Gasteiger partial charge in [0.15, 0.2) is 0 Å². The largest absolute Gasteiger partial charge is 0.489 e. The second kappa shape index (κ2) is 11.6. The highest BCUT2D eigenvalue weighted by molar-refractivity contribution is 5.98. The van der Waals surface area contributed by atoms with Crippen LogP contribution in [-0.2, 0) is 30.4 Å². The lowest BCUT2D eigenvalue weighted by Crippen LogP contribution is -2.08. The summed E-state index contributed by atoms with van der Waals surface area (Å²) in [6, 6.07) is 17.9. The fraction of sp³-hybridized carbons (Fsp3) is 0.125. The van der Waals surface area contributed by atoms with Crippen molar-refractivity contribution in [1.82, 2.24) is 4.98 Å². The Bertz CT molecular complexity index is 1760. The number of para-hydroxylation sites is 1. The number of aromatic nitrogens is 1. The van der Waals surface area contributed by atoms with Crippen molar-refractivity contribution in [3.63, 3.8) is 0 Å². The van der Waals surface area contributed by atoms with Gasteiger partial charge in [-0.2, -0.15) is 13.2 Å². The quantitative estimate of drug-likeness (QED) is 0.188. The molecule has 5 aromatic rings. The van der Waals surface area contributed by atoms with Crippen LogP contribution >= 0.6 is 0 Å². The summed E-state index contributed by atoms with van der Waals surface area (Å²) < 4.78 is 90.1. The molecular weight excluding hydrogens is 560 g/mol. The number of alkyl halides is 3. The Morgan fingerprint density at radius 1 is 0.857 bits per heavy atom. The van der Waals surface area contributed by atoms with Crippen molar-refractivity contribution in [3.05, 3.63) is 130 Å². The van der Waals surface area contributed by atoms with Crippen LogP contribution in [0.3, 0.4) is 0 Å². The van der Waals surface area contributed by atoms with E-state index in [1.807, 2.05) is 0 Å². The van der Waals surface area contributed by atoms with Crippen LogP contribution < -0.4 is 4.74 Å². The molecule has 0 bridgehead atoms. The first kappa shape index (κ1) is 28.7. The summed E-state index contributed by atoms with van der Waals surface area (Å²) in [6.45, 7) is 0.116. The van der Waals surface area contributed by atoms with E-state index in [-0.39, 0.29) is 35.1 Å². The predicted octanol–water partition coefficient (Wildman–Crippen LogP) is 8.13. The Hall–Kier alpha value is -4.86. The lowest BCUT2D eigenvalue weighted by atomic mass is 9.91. The van der Waals surface area contributed by atoms with Crippen LogP contribution in [0.4, 0.5) is 26.3 Å². The number of ether oxygens (including phenoxy) is 1. The van der Waals surface area contributed by atoms with E-state index in [0.29, 0.717) is 29.0 Å². The maximum absolute atomic E-state index is 14.6. The SMILES string of the molecule is O=C(O)Cc1ccc(COc2cccc(-c3c(Cc4c(F)cc(F)cc4F)cnc4c(C(F)(F)F)cccc34)c2)cc1. The van der Waals surface area contributed by atoms with Gasteiger partial charge in [0.05, 0.1) is 17.5 Å². The minimum absolute atomic E-state index is 0.108. The summed E-state index contributed by atoms with van der Waals surface area (Å²) in [7, 11) is 0. The summed E-state index contributed by atoms with van der Waals surface area (Å²) in [5, 5.41) is 9.04. The van der Waals surface area contributed by atoms with Gasteiger partial charge < -0.3 is 9.84 Å². The Morgan fingerprint density at radius 3 is 2.19 bits per heavy atom. The van der Waals surface area contributed by atoms with Gasteiger partial charge in [-0.1, -0.05) is 48.5 Å². The van der Waals surface area contributed by atoms with Crippen LogP contribution in [0.15, 0.2) is 85.1 Å². The van der Waals surface area contributed by atoms with Crippen molar-refractivity contribution in [2.75, 3.05) is 0 Å². The number of nitrogens with zero attached hydrogens (tertiary/aromatic N) is 1. The van der Waals surface area contributed by atoms with Crippen molar-refractivity contribution in [2.24, 2.45) is 0 Å². The van der Waals surface area contributed by atoms with Crippen molar-refractivity contribution in [2.45, 2.75) is 25.6 Å². The molecule has 0 aliphatic rings. The summed E-state index contributed by atoms with van der Waals surface area (Å²) in [4.78, 5) is 14.9. The number of hydrogen-bond donors (Lipinski definition) is 1. The summed E-state index contributed by atoms with van der Waals surface area (Å²) in [5.74, 6) is -3.94. The molecule has 10 heteroatoms. The molecule has 1 N–H and O–H groups in total. The molecule has 5 rings (SSSR count). The smallest absolute Gasteiger partial charge is 0.418 e. The minimum Gasteiger partial charge on any atom is -0.489 e. The van der Waals surface area contributed by atoms with Gasteiger partial charge in [0.25, 0.3) is 0 Å². The normalized spacial score (nSPS) is 11.6. The molecule has 4 aromatic carbocycles. The first-order valence-electron chi connectivity index (χ1n) is 12.6. The van der Waals surface area contributed by atoms with Gasteiger partial charge in [-0.25, -0.2) is 13.2 Å². The minimum atomic E-state index is -4.70. The zero-order valence-corrected chi connectivity index (χ0v) is 21.7. The molecule has 0 atom stereocenters. The Morgan fingerprint density at radius 2 is 1.52 bits per heavy atom. The molecule has 0 aliphatic carbocycles. The topological polar surface area (TPSA) is 59.4 Å². The van der Waals surface area contributed by atoms with Crippen molar-refractivity contribution in [1.29, 1.82) is 0 Å². The van der Waals surface area contributed by atoms with E-state index in [2.05, 4.69) is 4.98 Å². The van der Waals surface area contributed by atoms with E-state index in [4.69, 9.17) is 9.84 Å². The molecule has 0 saturated heterocycles. The molecular formula is C32H21F6NO3. The molecule has 214 valence electrons. The van der Waals surface area contributed by atoms with E-state index in [1.54, 1.807) is 48.5 Å². The van der Waals surface area contributed by atoms with Crippen LogP contribution in [0.2, 0.25) is 0 Å². The lowest BCUT2D eigenvalue weighted by molar-refractivity contribution is -0.137. The van der Waals surface area contributed by atoms with E-state index in [1.165, 1.54) is 12.1 Å². The zero-order valence-electron chi connectivity index (χ0n) is 21.7. The van der Waals surface area contributed by atoms with E-state index >= 15 is 0 Å². The number of rotatable bonds is 8. The molecule has 42 heavy (non-hydrogen) atoms. The van der Waals surface area contributed by atoms with Gasteiger partial charge in [-0.15, -0.1) is 0 Å². The highest BCUT2D eigenvalue weighted by atomic mass is 19.4. The molecule has 0 radical (unpaired) electrons. The Labute approximate surface area is 235 Å². The maximum atomic E-state index is 14.6. The van der Waals surface area contributed by atoms with Crippen molar-refractivity contribution in [3.8, 4) is 16.9 Å². The number of carbonyl (C=O) groups is 1. The van der Waals surface area contributed by atoms with Gasteiger partial charge in [-0.05, 0) is 46.0 Å². The molecule has 0 fully saturated rings. The number of carboxylic acid groups (broad SMARTS) is 1. The van der Waals surface area contributed by atoms with Gasteiger partial charge in [0, 0.05) is 35.7 Å². The van der Waals surface area contributed by atoms with Crippen LogP contribution in [0.5, 0.6) is 5.75 Å². The number of hydrogen-bond acceptors (Lipinski definition) is 3. The monoisotopic (exact) mass is 581 g/mol. The fourth-order valence-corrected chi connectivity index (χ4v) is 4.74. The third kappa shape index (κ3) is 6.22. The third-order valence-electron chi connectivity index (χ3n) is 6.66.